The number of amides is 3. The molecular weight excluding hydrogens is 614 g/mol. The topological polar surface area (TPSA) is 115 Å². The molecule has 0 unspecified atom stereocenters. The molecule has 0 atom stereocenters. The van der Waals surface area contributed by atoms with E-state index in [4.69, 9.17) is 25.8 Å². The minimum Gasteiger partial charge on any atom is -0.496 e. The Kier molecular flexibility index (Phi) is 11.5. The van der Waals surface area contributed by atoms with Gasteiger partial charge < -0.3 is 30.2 Å². The molecule has 0 aliphatic carbocycles. The van der Waals surface area contributed by atoms with Gasteiger partial charge in [0.15, 0.2) is 11.5 Å². The first-order chi connectivity index (χ1) is 21.7. The zero-order chi connectivity index (χ0) is 32.3. The Balaban J connectivity index is 1.50. The summed E-state index contributed by atoms with van der Waals surface area (Å²) < 4.78 is 16.3. The lowest BCUT2D eigenvalue weighted by Crippen LogP contribution is -2.30. The molecule has 0 aliphatic rings. The second-order valence-electron chi connectivity index (χ2n) is 9.56. The first-order valence-electron chi connectivity index (χ1n) is 13.7. The molecule has 3 N–H and O–H groups in total. The van der Waals surface area contributed by atoms with E-state index in [9.17, 15) is 14.4 Å². The molecule has 0 heterocycles. The Labute approximate surface area is 270 Å². The molecule has 45 heavy (non-hydrogen) atoms. The number of nitrogens with one attached hydrogen (secondary N) is 3. The minimum absolute atomic E-state index is 0.0270. The molecule has 0 radical (unpaired) electrons. The monoisotopic (exact) mass is 645 g/mol. The van der Waals surface area contributed by atoms with Crippen LogP contribution in [0, 0.1) is 6.92 Å². The molecule has 4 rings (SSSR count). The van der Waals surface area contributed by atoms with E-state index in [0.29, 0.717) is 44.8 Å². The van der Waals surface area contributed by atoms with E-state index in [0.717, 1.165) is 10.5 Å². The Hall–Kier alpha value is -4.93. The number of methoxy groups -OCH3 is 3. The van der Waals surface area contributed by atoms with Crippen LogP contribution in [0.3, 0.4) is 0 Å². The zero-order valence-corrected chi connectivity index (χ0v) is 26.7. The molecule has 9 nitrogen and oxygen atoms in total. The Morgan fingerprint density at radius 1 is 0.800 bits per heavy atom. The number of rotatable bonds is 12. The first-order valence-corrected chi connectivity index (χ1v) is 15.1. The molecule has 0 spiro atoms. The van der Waals surface area contributed by atoms with Crippen molar-refractivity contribution in [2.75, 3.05) is 37.7 Å². The highest BCUT2D eigenvalue weighted by Crippen LogP contribution is 2.35. The van der Waals surface area contributed by atoms with Crippen LogP contribution < -0.4 is 30.2 Å². The van der Waals surface area contributed by atoms with Crippen molar-refractivity contribution < 1.29 is 28.6 Å². The molecule has 0 saturated carbocycles. The van der Waals surface area contributed by atoms with E-state index in [-0.39, 0.29) is 17.4 Å². The highest BCUT2D eigenvalue weighted by atomic mass is 35.5. The average molecular weight is 646 g/mol. The van der Waals surface area contributed by atoms with Gasteiger partial charge in [-0.2, -0.15) is 0 Å². The maximum absolute atomic E-state index is 13.5. The van der Waals surface area contributed by atoms with Crippen molar-refractivity contribution >= 4 is 58.5 Å². The Morgan fingerprint density at radius 2 is 1.47 bits per heavy atom. The number of ether oxygens (including phenoxy) is 3. The standard InChI is InChI=1S/C34H32ClN3O6S/c1-21-26(35)11-8-12-27(21)37-32(39)20-45-25-15-13-24(14-16-25)36-34(41)28(38-33(40)22-9-6-5-7-10-22)17-23-18-30(43-3)31(44-4)19-29(23)42-2/h5-19H,20H2,1-4H3,(H,36,41)(H,37,39)(H,38,40)/b28-17-. The van der Waals surface area contributed by atoms with Crippen molar-refractivity contribution in [3.63, 3.8) is 0 Å². The maximum Gasteiger partial charge on any atom is 0.272 e. The molecule has 4 aromatic carbocycles. The summed E-state index contributed by atoms with van der Waals surface area (Å²) in [6, 6.07) is 24.2. The molecule has 0 bridgehead atoms. The van der Waals surface area contributed by atoms with Crippen LogP contribution in [0.2, 0.25) is 5.02 Å². The molecule has 232 valence electrons. The van der Waals surface area contributed by atoms with E-state index >= 15 is 0 Å². The SMILES string of the molecule is COc1cc(OC)c(OC)cc1/C=C(\NC(=O)c1ccccc1)C(=O)Nc1ccc(SCC(=O)Nc2cccc(Cl)c2C)cc1. The predicted octanol–water partition coefficient (Wildman–Crippen LogP) is 6.81. The predicted molar refractivity (Wildman–Crippen MR) is 179 cm³/mol. The van der Waals surface area contributed by atoms with Crippen molar-refractivity contribution in [2.24, 2.45) is 0 Å². The number of carbonyl (C=O) groups is 3. The molecule has 11 heteroatoms. The van der Waals surface area contributed by atoms with Gasteiger partial charge >= 0.3 is 0 Å². The fourth-order valence-corrected chi connectivity index (χ4v) is 5.05. The average Bonchev–Trinajstić information content (AvgIpc) is 3.06. The van der Waals surface area contributed by atoms with Gasteiger partial charge in [-0.3, -0.25) is 14.4 Å². The van der Waals surface area contributed by atoms with Gasteiger partial charge in [0, 0.05) is 38.5 Å². The molecule has 3 amide bonds. The number of hydrogen-bond acceptors (Lipinski definition) is 7. The summed E-state index contributed by atoms with van der Waals surface area (Å²) in [6.07, 6.45) is 1.50. The fraction of sp³-hybridized carbons (Fsp3) is 0.147. The summed E-state index contributed by atoms with van der Waals surface area (Å²) in [5, 5.41) is 9.00. The van der Waals surface area contributed by atoms with E-state index in [1.165, 1.54) is 39.2 Å². The number of thioether (sulfide) groups is 1. The summed E-state index contributed by atoms with van der Waals surface area (Å²) in [4.78, 5) is 39.9. The van der Waals surface area contributed by atoms with Crippen molar-refractivity contribution in [3.05, 3.63) is 112 Å². The molecule has 0 saturated heterocycles. The van der Waals surface area contributed by atoms with Crippen LogP contribution in [0.25, 0.3) is 6.08 Å². The van der Waals surface area contributed by atoms with Crippen molar-refractivity contribution in [1.82, 2.24) is 5.32 Å². The summed E-state index contributed by atoms with van der Waals surface area (Å²) >= 11 is 7.49. The summed E-state index contributed by atoms with van der Waals surface area (Å²) in [5.41, 5.74) is 2.79. The van der Waals surface area contributed by atoms with Gasteiger partial charge in [0.1, 0.15) is 11.4 Å². The third-order valence-corrected chi connectivity index (χ3v) is 8.01. The highest BCUT2D eigenvalue weighted by molar-refractivity contribution is 8.00. The lowest BCUT2D eigenvalue weighted by Gasteiger charge is -2.15. The summed E-state index contributed by atoms with van der Waals surface area (Å²) in [6.45, 7) is 1.84. The third-order valence-electron chi connectivity index (χ3n) is 6.59. The van der Waals surface area contributed by atoms with Gasteiger partial charge in [-0.05, 0) is 73.2 Å². The minimum atomic E-state index is -0.562. The second-order valence-corrected chi connectivity index (χ2v) is 11.0. The Bertz CT molecular complexity index is 1710. The largest absolute Gasteiger partial charge is 0.496 e. The van der Waals surface area contributed by atoms with E-state index in [1.54, 1.807) is 84.9 Å². The van der Waals surface area contributed by atoms with Crippen LogP contribution in [-0.4, -0.2) is 44.8 Å². The Morgan fingerprint density at radius 3 is 2.13 bits per heavy atom. The van der Waals surface area contributed by atoms with Crippen LogP contribution in [0.4, 0.5) is 11.4 Å². The van der Waals surface area contributed by atoms with Crippen molar-refractivity contribution in [2.45, 2.75) is 11.8 Å². The molecule has 0 aliphatic heterocycles. The van der Waals surface area contributed by atoms with Crippen LogP contribution in [0.1, 0.15) is 21.5 Å². The maximum atomic E-state index is 13.5. The van der Waals surface area contributed by atoms with Crippen molar-refractivity contribution in [1.29, 1.82) is 0 Å². The number of carbonyl (C=O) groups excluding carboxylic acids is 3. The quantitative estimate of drug-likeness (QED) is 0.114. The number of benzene rings is 4. The van der Waals surface area contributed by atoms with E-state index in [2.05, 4.69) is 16.0 Å². The number of anilines is 2. The number of hydrogen-bond donors (Lipinski definition) is 3. The van der Waals surface area contributed by atoms with Gasteiger partial charge in [-0.1, -0.05) is 35.9 Å². The van der Waals surface area contributed by atoms with Gasteiger partial charge in [0.05, 0.1) is 27.1 Å². The van der Waals surface area contributed by atoms with Gasteiger partial charge in [0.2, 0.25) is 5.91 Å². The highest BCUT2D eigenvalue weighted by Gasteiger charge is 2.18. The smallest absolute Gasteiger partial charge is 0.272 e. The normalized spacial score (nSPS) is 10.9. The second kappa shape index (κ2) is 15.7. The summed E-state index contributed by atoms with van der Waals surface area (Å²) in [7, 11) is 4.49. The van der Waals surface area contributed by atoms with Crippen LogP contribution >= 0.6 is 23.4 Å². The van der Waals surface area contributed by atoms with Gasteiger partial charge in [-0.25, -0.2) is 0 Å². The lowest BCUT2D eigenvalue weighted by molar-refractivity contribution is -0.114. The van der Waals surface area contributed by atoms with Crippen LogP contribution in [0.5, 0.6) is 17.2 Å². The zero-order valence-electron chi connectivity index (χ0n) is 25.1. The molecule has 0 aromatic heterocycles. The summed E-state index contributed by atoms with van der Waals surface area (Å²) in [5.74, 6) is 0.259. The fourth-order valence-electron chi connectivity index (χ4n) is 4.17. The van der Waals surface area contributed by atoms with E-state index < -0.39 is 11.8 Å². The lowest BCUT2D eigenvalue weighted by atomic mass is 10.1. The van der Waals surface area contributed by atoms with Gasteiger partial charge in [0.25, 0.3) is 11.8 Å². The molecule has 0 fully saturated rings. The number of halogens is 1. The van der Waals surface area contributed by atoms with Gasteiger partial charge in [-0.15, -0.1) is 11.8 Å². The molecular formula is C34H32ClN3O6S. The molecule has 4 aromatic rings. The van der Waals surface area contributed by atoms with Crippen molar-refractivity contribution in [3.8, 4) is 17.2 Å². The first kappa shape index (κ1) is 33.0. The van der Waals surface area contributed by atoms with Crippen LogP contribution in [0.15, 0.2) is 95.5 Å². The van der Waals surface area contributed by atoms with E-state index in [1.807, 2.05) is 6.92 Å². The third kappa shape index (κ3) is 8.81. The van der Waals surface area contributed by atoms with Crippen LogP contribution in [-0.2, 0) is 9.59 Å².